The normalized spacial score (nSPS) is 11.6. The van der Waals surface area contributed by atoms with E-state index in [4.69, 9.17) is 11.6 Å². The van der Waals surface area contributed by atoms with Crippen molar-refractivity contribution >= 4 is 49.2 Å². The maximum atomic E-state index is 12.5. The minimum Gasteiger partial charge on any atom is -0.293 e. The van der Waals surface area contributed by atoms with Gasteiger partial charge in [-0.1, -0.05) is 27.5 Å². The Bertz CT molecular complexity index is 431. The van der Waals surface area contributed by atoms with E-state index in [2.05, 4.69) is 31.9 Å². The molecular formula is C9H4Br2ClF3O. The van der Waals surface area contributed by atoms with Gasteiger partial charge in [0.2, 0.25) is 0 Å². The molecule has 0 aliphatic carbocycles. The summed E-state index contributed by atoms with van der Waals surface area (Å²) in [7, 11) is 0. The maximum absolute atomic E-state index is 12.5. The van der Waals surface area contributed by atoms with Crippen molar-refractivity contribution in [2.45, 2.75) is 6.18 Å². The molecule has 0 bridgehead atoms. The second-order valence-corrected chi connectivity index (χ2v) is 4.60. The third kappa shape index (κ3) is 2.78. The zero-order valence-electron chi connectivity index (χ0n) is 7.54. The van der Waals surface area contributed by atoms with Crippen LogP contribution in [0.3, 0.4) is 0 Å². The highest BCUT2D eigenvalue weighted by atomic mass is 79.9. The molecule has 0 radical (unpaired) electrons. The summed E-state index contributed by atoms with van der Waals surface area (Å²) in [5, 5.41) is -0.101. The molecule has 0 aliphatic heterocycles. The van der Waals surface area contributed by atoms with E-state index < -0.39 is 17.5 Å². The summed E-state index contributed by atoms with van der Waals surface area (Å²) in [5.74, 6) is -0.511. The molecule has 1 aromatic carbocycles. The molecule has 0 fully saturated rings. The number of Topliss-reactive ketones (excluding diaryl/α,β-unsaturated/α-hetero) is 1. The summed E-state index contributed by atoms with van der Waals surface area (Å²) in [6.07, 6.45) is -4.52. The largest absolute Gasteiger partial charge is 0.417 e. The van der Waals surface area contributed by atoms with Crippen LogP contribution in [0.1, 0.15) is 15.9 Å². The van der Waals surface area contributed by atoms with Crippen LogP contribution in [0.25, 0.3) is 0 Å². The number of carbonyl (C=O) groups is 1. The number of benzene rings is 1. The molecule has 7 heteroatoms. The minimum absolute atomic E-state index is 0.00988. The summed E-state index contributed by atoms with van der Waals surface area (Å²) in [4.78, 5) is 11.4. The Labute approximate surface area is 111 Å². The predicted octanol–water partition coefficient (Wildman–Crippen LogP) is 4.70. The number of alkyl halides is 4. The number of ketones is 1. The van der Waals surface area contributed by atoms with E-state index in [0.717, 1.165) is 12.1 Å². The molecule has 0 N–H and O–H groups in total. The molecular weight excluding hydrogens is 376 g/mol. The van der Waals surface area contributed by atoms with Gasteiger partial charge in [0.15, 0.2) is 5.78 Å². The van der Waals surface area contributed by atoms with E-state index in [-0.39, 0.29) is 20.4 Å². The molecule has 0 unspecified atom stereocenters. The molecule has 0 saturated heterocycles. The van der Waals surface area contributed by atoms with Gasteiger partial charge in [-0.2, -0.15) is 13.2 Å². The molecule has 0 aromatic heterocycles. The second kappa shape index (κ2) is 5.06. The van der Waals surface area contributed by atoms with Crippen LogP contribution in [0, 0.1) is 0 Å². The number of hydrogen-bond acceptors (Lipinski definition) is 1. The predicted molar refractivity (Wildman–Crippen MR) is 62.3 cm³/mol. The van der Waals surface area contributed by atoms with Gasteiger partial charge in [0.25, 0.3) is 0 Å². The first kappa shape index (κ1) is 14.0. The highest BCUT2D eigenvalue weighted by Gasteiger charge is 2.35. The van der Waals surface area contributed by atoms with Crippen LogP contribution in [-0.4, -0.2) is 11.1 Å². The third-order valence-corrected chi connectivity index (χ3v) is 3.44. The van der Waals surface area contributed by atoms with Crippen molar-refractivity contribution in [3.63, 3.8) is 0 Å². The van der Waals surface area contributed by atoms with Crippen molar-refractivity contribution in [1.82, 2.24) is 0 Å². The third-order valence-electron chi connectivity index (χ3n) is 1.80. The van der Waals surface area contributed by atoms with E-state index in [1.54, 1.807) is 0 Å². The van der Waals surface area contributed by atoms with Gasteiger partial charge < -0.3 is 0 Å². The van der Waals surface area contributed by atoms with Crippen LogP contribution in [0.4, 0.5) is 13.2 Å². The standard InChI is InChI=1S/C9H4Br2ClF3O/c10-3-6(16)7-5(12)2-1-4(8(7)11)9(13,14)15/h1-2H,3H2. The molecule has 0 saturated carbocycles. The van der Waals surface area contributed by atoms with Crippen LogP contribution in [0.2, 0.25) is 5.02 Å². The van der Waals surface area contributed by atoms with Gasteiger partial charge in [-0.05, 0) is 28.1 Å². The van der Waals surface area contributed by atoms with Crippen LogP contribution >= 0.6 is 43.5 Å². The topological polar surface area (TPSA) is 17.1 Å². The smallest absolute Gasteiger partial charge is 0.293 e. The minimum atomic E-state index is -4.52. The Morgan fingerprint density at radius 3 is 2.38 bits per heavy atom. The molecule has 0 aliphatic rings. The summed E-state index contributed by atoms with van der Waals surface area (Å²) < 4.78 is 37.3. The molecule has 0 heterocycles. The van der Waals surface area contributed by atoms with Crippen molar-refractivity contribution in [3.05, 3.63) is 32.8 Å². The maximum Gasteiger partial charge on any atom is 0.417 e. The number of rotatable bonds is 2. The molecule has 1 nitrogen and oxygen atoms in total. The fourth-order valence-electron chi connectivity index (χ4n) is 1.09. The van der Waals surface area contributed by atoms with E-state index in [0.29, 0.717) is 0 Å². The van der Waals surface area contributed by atoms with E-state index >= 15 is 0 Å². The second-order valence-electron chi connectivity index (χ2n) is 2.84. The monoisotopic (exact) mass is 378 g/mol. The summed E-state index contributed by atoms with van der Waals surface area (Å²) in [6, 6.07) is 1.89. The first-order valence-electron chi connectivity index (χ1n) is 3.93. The summed E-state index contributed by atoms with van der Waals surface area (Å²) in [6.45, 7) is 0. The highest BCUT2D eigenvalue weighted by Crippen LogP contribution is 2.39. The van der Waals surface area contributed by atoms with E-state index in [9.17, 15) is 18.0 Å². The van der Waals surface area contributed by atoms with Crippen molar-refractivity contribution in [3.8, 4) is 0 Å². The van der Waals surface area contributed by atoms with Gasteiger partial charge in [-0.15, -0.1) is 0 Å². The van der Waals surface area contributed by atoms with Gasteiger partial charge in [-0.3, -0.25) is 4.79 Å². The Kier molecular flexibility index (Phi) is 4.42. The Morgan fingerprint density at radius 1 is 1.38 bits per heavy atom. The molecule has 1 rings (SSSR count). The van der Waals surface area contributed by atoms with Gasteiger partial charge in [-0.25, -0.2) is 0 Å². The van der Waals surface area contributed by atoms with Crippen LogP contribution in [0.5, 0.6) is 0 Å². The average molecular weight is 380 g/mol. The molecule has 0 amide bonds. The average Bonchev–Trinajstić information content (AvgIpc) is 2.15. The molecule has 0 atom stereocenters. The van der Waals surface area contributed by atoms with Crippen LogP contribution in [-0.2, 0) is 6.18 Å². The Hall–Kier alpha value is -0.0700. The first-order chi connectivity index (χ1) is 7.29. The Morgan fingerprint density at radius 2 is 1.94 bits per heavy atom. The van der Waals surface area contributed by atoms with E-state index in [1.165, 1.54) is 0 Å². The SMILES string of the molecule is O=C(CBr)c1c(Cl)ccc(C(F)(F)F)c1Br. The molecule has 16 heavy (non-hydrogen) atoms. The fraction of sp³-hybridized carbons (Fsp3) is 0.222. The molecule has 0 spiro atoms. The van der Waals surface area contributed by atoms with Crippen molar-refractivity contribution in [2.75, 3.05) is 5.33 Å². The zero-order valence-corrected chi connectivity index (χ0v) is 11.5. The zero-order chi connectivity index (χ0) is 12.5. The summed E-state index contributed by atoms with van der Waals surface area (Å²) >= 11 is 11.3. The lowest BCUT2D eigenvalue weighted by atomic mass is 10.1. The number of carbonyl (C=O) groups excluding carboxylic acids is 1. The van der Waals surface area contributed by atoms with Gasteiger partial charge in [0.1, 0.15) is 0 Å². The Balaban J connectivity index is 3.45. The lowest BCUT2D eigenvalue weighted by Gasteiger charge is -2.12. The molecule has 88 valence electrons. The quantitative estimate of drug-likeness (QED) is 0.537. The number of halogens is 6. The van der Waals surface area contributed by atoms with E-state index in [1.807, 2.05) is 0 Å². The van der Waals surface area contributed by atoms with Crippen LogP contribution < -0.4 is 0 Å². The van der Waals surface area contributed by atoms with Gasteiger partial charge >= 0.3 is 6.18 Å². The summed E-state index contributed by atoms with van der Waals surface area (Å²) in [5.41, 5.74) is -1.07. The highest BCUT2D eigenvalue weighted by molar-refractivity contribution is 9.10. The van der Waals surface area contributed by atoms with Crippen LogP contribution in [0.15, 0.2) is 16.6 Å². The molecule has 1 aromatic rings. The number of hydrogen-bond donors (Lipinski definition) is 0. The van der Waals surface area contributed by atoms with Crippen molar-refractivity contribution in [2.24, 2.45) is 0 Å². The lowest BCUT2D eigenvalue weighted by Crippen LogP contribution is -2.11. The lowest BCUT2D eigenvalue weighted by molar-refractivity contribution is -0.138. The fourth-order valence-corrected chi connectivity index (χ4v) is 2.54. The van der Waals surface area contributed by atoms with Gasteiger partial charge in [0.05, 0.1) is 21.5 Å². The van der Waals surface area contributed by atoms with Gasteiger partial charge in [0, 0.05) is 4.47 Å². The first-order valence-corrected chi connectivity index (χ1v) is 6.22. The van der Waals surface area contributed by atoms with Crippen molar-refractivity contribution in [1.29, 1.82) is 0 Å². The van der Waals surface area contributed by atoms with Crippen molar-refractivity contribution < 1.29 is 18.0 Å².